The van der Waals surface area contributed by atoms with Gasteiger partial charge in [-0.1, -0.05) is 18.2 Å². The van der Waals surface area contributed by atoms with Crippen molar-refractivity contribution < 1.29 is 14.3 Å². The molecule has 5 heteroatoms. The minimum atomic E-state index is -0.211. The Bertz CT molecular complexity index is 836. The largest absolute Gasteiger partial charge is 0.466 e. The summed E-state index contributed by atoms with van der Waals surface area (Å²) in [6.07, 6.45) is 3.29. The number of rotatable bonds is 4. The highest BCUT2D eigenvalue weighted by Crippen LogP contribution is 2.54. The standard InChI is InChI=1S/C22H27NO3S/c1-14-11-18(15(2)26-14)21(25)23-13-22(9-7-16(24)8-10-22)19-12-27-20-6-4-3-5-17(19)20/h3-6,11,16,19,24H,7-10,12-13H2,1-2H3,(H,23,25)/t16-,19?,22+. The van der Waals surface area contributed by atoms with E-state index in [1.54, 1.807) is 0 Å². The third-order valence-electron chi connectivity index (χ3n) is 6.28. The average Bonchev–Trinajstić information content (AvgIpc) is 3.24. The zero-order valence-electron chi connectivity index (χ0n) is 16.0. The fourth-order valence-electron chi connectivity index (χ4n) is 4.70. The predicted octanol–water partition coefficient (Wildman–Crippen LogP) is 4.44. The van der Waals surface area contributed by atoms with E-state index in [2.05, 4.69) is 29.6 Å². The van der Waals surface area contributed by atoms with Crippen molar-refractivity contribution in [2.75, 3.05) is 12.3 Å². The van der Waals surface area contributed by atoms with Crippen LogP contribution in [0.2, 0.25) is 0 Å². The number of benzene rings is 1. The highest BCUT2D eigenvalue weighted by molar-refractivity contribution is 7.99. The van der Waals surface area contributed by atoms with Gasteiger partial charge >= 0.3 is 0 Å². The van der Waals surface area contributed by atoms with Crippen LogP contribution < -0.4 is 5.32 Å². The molecule has 1 aromatic carbocycles. The molecule has 1 unspecified atom stereocenters. The van der Waals surface area contributed by atoms with E-state index in [1.165, 1.54) is 10.5 Å². The molecule has 1 amide bonds. The Labute approximate surface area is 164 Å². The zero-order chi connectivity index (χ0) is 19.0. The lowest BCUT2D eigenvalue weighted by atomic mass is 9.63. The lowest BCUT2D eigenvalue weighted by Gasteiger charge is -2.44. The molecule has 0 spiro atoms. The van der Waals surface area contributed by atoms with E-state index in [1.807, 2.05) is 31.7 Å². The number of fused-ring (bicyclic) bond motifs is 1. The van der Waals surface area contributed by atoms with Crippen LogP contribution in [0.25, 0.3) is 0 Å². The first-order valence-corrected chi connectivity index (χ1v) is 10.7. The third-order valence-corrected chi connectivity index (χ3v) is 7.46. The van der Waals surface area contributed by atoms with E-state index in [9.17, 15) is 9.90 Å². The Morgan fingerprint density at radius 1 is 1.30 bits per heavy atom. The van der Waals surface area contributed by atoms with Gasteiger partial charge in [-0.15, -0.1) is 11.8 Å². The summed E-state index contributed by atoms with van der Waals surface area (Å²) in [6, 6.07) is 10.4. The summed E-state index contributed by atoms with van der Waals surface area (Å²) in [5.74, 6) is 2.83. The van der Waals surface area contributed by atoms with Crippen LogP contribution in [0, 0.1) is 19.3 Å². The number of aliphatic hydroxyl groups is 1. The molecular weight excluding hydrogens is 358 g/mol. The average molecular weight is 386 g/mol. The van der Waals surface area contributed by atoms with Crippen LogP contribution in [0.4, 0.5) is 0 Å². The van der Waals surface area contributed by atoms with Crippen LogP contribution in [0.1, 0.15) is 59.0 Å². The maximum absolute atomic E-state index is 12.8. The summed E-state index contributed by atoms with van der Waals surface area (Å²) >= 11 is 1.92. The smallest absolute Gasteiger partial charge is 0.254 e. The van der Waals surface area contributed by atoms with E-state index in [4.69, 9.17) is 4.42 Å². The summed E-state index contributed by atoms with van der Waals surface area (Å²) in [5, 5.41) is 13.3. The molecule has 2 aliphatic rings. The van der Waals surface area contributed by atoms with Crippen LogP contribution in [0.15, 0.2) is 39.6 Å². The summed E-state index contributed by atoms with van der Waals surface area (Å²) in [7, 11) is 0. The Kier molecular flexibility index (Phi) is 5.08. The van der Waals surface area contributed by atoms with Gasteiger partial charge in [-0.05, 0) is 62.6 Å². The van der Waals surface area contributed by atoms with Crippen LogP contribution in [-0.4, -0.2) is 29.4 Å². The Balaban J connectivity index is 1.57. The van der Waals surface area contributed by atoms with Gasteiger partial charge in [-0.25, -0.2) is 0 Å². The fraction of sp³-hybridized carbons (Fsp3) is 0.500. The highest BCUT2D eigenvalue weighted by atomic mass is 32.2. The van der Waals surface area contributed by atoms with Gasteiger partial charge in [0.1, 0.15) is 11.5 Å². The van der Waals surface area contributed by atoms with Crippen LogP contribution in [0.5, 0.6) is 0 Å². The van der Waals surface area contributed by atoms with Gasteiger partial charge in [0.05, 0.1) is 11.7 Å². The Morgan fingerprint density at radius 3 is 2.74 bits per heavy atom. The first-order valence-electron chi connectivity index (χ1n) is 9.73. The highest BCUT2D eigenvalue weighted by Gasteiger charge is 2.45. The van der Waals surface area contributed by atoms with E-state index in [0.29, 0.717) is 23.8 Å². The van der Waals surface area contributed by atoms with E-state index in [-0.39, 0.29) is 17.4 Å². The number of thioether (sulfide) groups is 1. The van der Waals surface area contributed by atoms with Crippen LogP contribution >= 0.6 is 11.8 Å². The molecule has 0 bridgehead atoms. The third kappa shape index (κ3) is 3.55. The summed E-state index contributed by atoms with van der Waals surface area (Å²) in [4.78, 5) is 14.1. The second-order valence-electron chi connectivity index (χ2n) is 8.00. The number of carbonyl (C=O) groups excluding carboxylic acids is 1. The van der Waals surface area contributed by atoms with Crippen molar-refractivity contribution in [3.63, 3.8) is 0 Å². The summed E-state index contributed by atoms with van der Waals surface area (Å²) < 4.78 is 5.52. The Hall–Kier alpha value is -1.72. The first kappa shape index (κ1) is 18.6. The van der Waals surface area contributed by atoms with Gasteiger partial charge in [0.15, 0.2) is 0 Å². The molecule has 0 radical (unpaired) electrons. The van der Waals surface area contributed by atoms with Gasteiger partial charge in [-0.2, -0.15) is 0 Å². The van der Waals surface area contributed by atoms with Crippen molar-refractivity contribution in [2.45, 2.75) is 56.4 Å². The maximum Gasteiger partial charge on any atom is 0.254 e. The van der Waals surface area contributed by atoms with Gasteiger partial charge in [0, 0.05) is 23.1 Å². The van der Waals surface area contributed by atoms with Crippen LogP contribution in [0.3, 0.4) is 0 Å². The topological polar surface area (TPSA) is 62.5 Å². The first-order chi connectivity index (χ1) is 13.0. The Morgan fingerprint density at radius 2 is 2.04 bits per heavy atom. The number of furan rings is 1. The fourth-order valence-corrected chi connectivity index (χ4v) is 6.13. The van der Waals surface area contributed by atoms with Gasteiger partial charge in [0.2, 0.25) is 0 Å². The predicted molar refractivity (Wildman–Crippen MR) is 107 cm³/mol. The molecule has 4 nitrogen and oxygen atoms in total. The minimum Gasteiger partial charge on any atom is -0.466 e. The van der Waals surface area contributed by atoms with E-state index >= 15 is 0 Å². The van der Waals surface area contributed by atoms with Crippen molar-refractivity contribution >= 4 is 17.7 Å². The zero-order valence-corrected chi connectivity index (χ0v) is 16.8. The quantitative estimate of drug-likeness (QED) is 0.817. The molecule has 1 aliphatic heterocycles. The molecule has 2 N–H and O–H groups in total. The number of aliphatic hydroxyl groups excluding tert-OH is 1. The minimum absolute atomic E-state index is 0.00117. The van der Waals surface area contributed by atoms with Gasteiger partial charge < -0.3 is 14.8 Å². The number of carbonyl (C=O) groups is 1. The molecule has 0 saturated heterocycles. The van der Waals surface area contributed by atoms with Crippen molar-refractivity contribution in [3.05, 3.63) is 53.0 Å². The number of hydrogen-bond acceptors (Lipinski definition) is 4. The molecule has 144 valence electrons. The molecule has 1 aliphatic carbocycles. The SMILES string of the molecule is Cc1cc(C(=O)NC[C@]2(C3CSc4ccccc43)CC[C@@H](O)CC2)c(C)o1. The normalized spacial score (nSPS) is 27.4. The maximum atomic E-state index is 12.8. The molecule has 1 atom stereocenters. The van der Waals surface area contributed by atoms with Crippen molar-refractivity contribution in [2.24, 2.45) is 5.41 Å². The molecule has 1 saturated carbocycles. The lowest BCUT2D eigenvalue weighted by molar-refractivity contribution is 0.0482. The molecule has 27 heavy (non-hydrogen) atoms. The number of aryl methyl sites for hydroxylation is 2. The molecule has 1 fully saturated rings. The van der Waals surface area contributed by atoms with Crippen LogP contribution in [-0.2, 0) is 0 Å². The second-order valence-corrected chi connectivity index (χ2v) is 9.07. The second kappa shape index (κ2) is 7.36. The lowest BCUT2D eigenvalue weighted by Crippen LogP contribution is -2.45. The summed E-state index contributed by atoms with van der Waals surface area (Å²) in [5.41, 5.74) is 2.03. The van der Waals surface area contributed by atoms with Gasteiger partial charge in [-0.3, -0.25) is 4.79 Å². The molecule has 2 aromatic rings. The molecule has 2 heterocycles. The number of hydrogen-bond donors (Lipinski definition) is 2. The summed E-state index contributed by atoms with van der Waals surface area (Å²) in [6.45, 7) is 4.33. The monoisotopic (exact) mass is 385 g/mol. The van der Waals surface area contributed by atoms with Crippen molar-refractivity contribution in [1.82, 2.24) is 5.32 Å². The van der Waals surface area contributed by atoms with Gasteiger partial charge in [0.25, 0.3) is 5.91 Å². The molecule has 4 rings (SSSR count). The number of amides is 1. The number of nitrogens with one attached hydrogen (secondary N) is 1. The molecule has 1 aromatic heterocycles. The van der Waals surface area contributed by atoms with Crippen molar-refractivity contribution in [3.8, 4) is 0 Å². The van der Waals surface area contributed by atoms with E-state index < -0.39 is 0 Å². The molecular formula is C22H27NO3S. The van der Waals surface area contributed by atoms with Crippen molar-refractivity contribution in [1.29, 1.82) is 0 Å². The van der Waals surface area contributed by atoms with E-state index in [0.717, 1.165) is 37.2 Å².